The van der Waals surface area contributed by atoms with Gasteiger partial charge in [0.2, 0.25) is 0 Å². The van der Waals surface area contributed by atoms with Crippen molar-refractivity contribution in [1.29, 1.82) is 10.5 Å². The molecule has 1 heterocycles. The Labute approximate surface area is 234 Å². The van der Waals surface area contributed by atoms with Crippen LogP contribution in [-0.2, 0) is 0 Å². The molecule has 0 radical (unpaired) electrons. The topological polar surface area (TPSA) is 75.5 Å². The Morgan fingerprint density at radius 3 is 1.74 bits per heavy atom. The quantitative estimate of drug-likeness (QED) is 0.180. The summed E-state index contributed by atoms with van der Waals surface area (Å²) in [6, 6.07) is 10.7. The molecule has 38 heavy (non-hydrogen) atoms. The van der Waals surface area contributed by atoms with Gasteiger partial charge in [-0.2, -0.15) is 10.5 Å². The molecule has 2 aromatic rings. The summed E-state index contributed by atoms with van der Waals surface area (Å²) in [5.74, 6) is 0. The summed E-state index contributed by atoms with van der Waals surface area (Å²) < 4.78 is 2.26. The summed E-state index contributed by atoms with van der Waals surface area (Å²) >= 11 is 1.22. The second kappa shape index (κ2) is 14.4. The van der Waals surface area contributed by atoms with Gasteiger partial charge in [-0.15, -0.1) is 21.6 Å². The number of thiophene rings is 1. The third kappa shape index (κ3) is 7.20. The number of nitriles is 2. The molecule has 0 unspecified atom stereocenters. The van der Waals surface area contributed by atoms with Crippen LogP contribution < -0.4 is 4.90 Å². The van der Waals surface area contributed by atoms with Crippen LogP contribution in [0, 0.1) is 36.5 Å². The fourth-order valence-electron chi connectivity index (χ4n) is 5.18. The normalized spacial score (nSPS) is 12.1. The van der Waals surface area contributed by atoms with Crippen LogP contribution in [0.15, 0.2) is 28.4 Å². The molecule has 0 saturated heterocycles. The van der Waals surface area contributed by atoms with E-state index in [1.54, 1.807) is 6.92 Å². The molecule has 7 nitrogen and oxygen atoms in total. The Morgan fingerprint density at radius 1 is 0.789 bits per heavy atom. The van der Waals surface area contributed by atoms with Gasteiger partial charge in [0.1, 0.15) is 17.0 Å². The number of likely N-dealkylation sites (N-methyl/N-ethyl adjacent to an activating group) is 2. The minimum absolute atomic E-state index is 0.435. The molecule has 0 amide bonds. The fraction of sp³-hybridized carbons (Fsp3) is 0.600. The van der Waals surface area contributed by atoms with Crippen LogP contribution in [0.5, 0.6) is 0 Å². The predicted octanol–water partition coefficient (Wildman–Crippen LogP) is 7.08. The van der Waals surface area contributed by atoms with Gasteiger partial charge in [-0.05, 0) is 84.7 Å². The summed E-state index contributed by atoms with van der Waals surface area (Å²) in [5, 5.41) is 28.2. The lowest BCUT2D eigenvalue weighted by molar-refractivity contribution is -0.923. The van der Waals surface area contributed by atoms with Crippen LogP contribution in [-0.4, -0.2) is 74.4 Å². The first kappa shape index (κ1) is 31.4. The van der Waals surface area contributed by atoms with Crippen molar-refractivity contribution in [3.63, 3.8) is 0 Å². The lowest BCUT2D eigenvalue weighted by Crippen LogP contribution is -2.54. The van der Waals surface area contributed by atoms with Crippen molar-refractivity contribution in [2.75, 3.05) is 70.3 Å². The number of anilines is 1. The zero-order chi connectivity index (χ0) is 28.3. The monoisotopic (exact) mass is 537 g/mol. The van der Waals surface area contributed by atoms with Crippen LogP contribution in [0.3, 0.4) is 0 Å². The molecule has 0 atom stereocenters. The molecule has 1 aromatic heterocycles. The van der Waals surface area contributed by atoms with Crippen molar-refractivity contribution in [1.82, 2.24) is 0 Å². The molecular weight excluding hydrogens is 490 g/mol. The zero-order valence-electron chi connectivity index (χ0n) is 24.8. The third-order valence-electron chi connectivity index (χ3n) is 8.85. The minimum Gasteiger partial charge on any atom is -0.360 e. The van der Waals surface area contributed by atoms with E-state index in [2.05, 4.69) is 87.9 Å². The van der Waals surface area contributed by atoms with E-state index < -0.39 is 0 Å². The molecule has 0 aliphatic carbocycles. The fourth-order valence-corrected chi connectivity index (χ4v) is 6.06. The SMILES string of the molecule is CC[N+](CC)(CC)CCN(CC[N+](CC)(CC)CC)c1ccc(N=Nc2sc(C#N)c(C)c2C#N)c(C)c1. The maximum absolute atomic E-state index is 9.52. The van der Waals surface area contributed by atoms with E-state index in [0.717, 1.165) is 85.7 Å². The second-order valence-corrected chi connectivity index (χ2v) is 11.1. The predicted molar refractivity (Wildman–Crippen MR) is 160 cm³/mol. The maximum atomic E-state index is 9.52. The van der Waals surface area contributed by atoms with E-state index in [4.69, 9.17) is 0 Å². The number of benzene rings is 1. The molecule has 0 aliphatic heterocycles. The van der Waals surface area contributed by atoms with Crippen molar-refractivity contribution in [2.45, 2.75) is 55.4 Å². The molecule has 2 rings (SSSR count). The van der Waals surface area contributed by atoms with E-state index in [9.17, 15) is 10.5 Å². The third-order valence-corrected chi connectivity index (χ3v) is 9.93. The number of aryl methyl sites for hydroxylation is 1. The van der Waals surface area contributed by atoms with Gasteiger partial charge in [0, 0.05) is 5.69 Å². The second-order valence-electron chi connectivity index (χ2n) is 10.1. The Morgan fingerprint density at radius 2 is 1.32 bits per heavy atom. The molecular formula is C30H47N7S+2. The smallest absolute Gasteiger partial charge is 0.158 e. The molecule has 0 bridgehead atoms. The lowest BCUT2D eigenvalue weighted by Gasteiger charge is -2.40. The highest BCUT2D eigenvalue weighted by Gasteiger charge is 2.25. The lowest BCUT2D eigenvalue weighted by atomic mass is 10.1. The van der Waals surface area contributed by atoms with Gasteiger partial charge in [0.05, 0.1) is 76.7 Å². The van der Waals surface area contributed by atoms with Crippen LogP contribution in [0.25, 0.3) is 0 Å². The first-order valence-electron chi connectivity index (χ1n) is 14.1. The minimum atomic E-state index is 0.435. The summed E-state index contributed by atoms with van der Waals surface area (Å²) in [4.78, 5) is 3.07. The van der Waals surface area contributed by atoms with E-state index in [-0.39, 0.29) is 0 Å². The molecule has 0 spiro atoms. The Kier molecular flexibility index (Phi) is 11.9. The summed E-state index contributed by atoms with van der Waals surface area (Å²) in [7, 11) is 0. The van der Waals surface area contributed by atoms with Gasteiger partial charge in [-0.25, -0.2) is 0 Å². The van der Waals surface area contributed by atoms with E-state index in [0.29, 0.717) is 21.0 Å². The van der Waals surface area contributed by atoms with Gasteiger partial charge < -0.3 is 13.9 Å². The van der Waals surface area contributed by atoms with Gasteiger partial charge in [0.25, 0.3) is 0 Å². The van der Waals surface area contributed by atoms with Crippen molar-refractivity contribution in [2.24, 2.45) is 10.2 Å². The van der Waals surface area contributed by atoms with Gasteiger partial charge in [-0.3, -0.25) is 0 Å². The highest BCUT2D eigenvalue weighted by molar-refractivity contribution is 7.16. The zero-order valence-corrected chi connectivity index (χ0v) is 25.7. The molecule has 0 saturated carbocycles. The Bertz CT molecular complexity index is 1120. The first-order valence-corrected chi connectivity index (χ1v) is 14.9. The van der Waals surface area contributed by atoms with Crippen LogP contribution in [0.1, 0.15) is 63.1 Å². The number of azo groups is 1. The van der Waals surface area contributed by atoms with Crippen LogP contribution >= 0.6 is 11.3 Å². The summed E-state index contributed by atoms with van der Waals surface area (Å²) in [6.07, 6.45) is 0. The molecule has 0 N–H and O–H groups in total. The van der Waals surface area contributed by atoms with Crippen molar-refractivity contribution in [3.05, 3.63) is 39.8 Å². The number of rotatable bonds is 15. The number of hydrogen-bond donors (Lipinski definition) is 0. The highest BCUT2D eigenvalue weighted by atomic mass is 32.1. The van der Waals surface area contributed by atoms with E-state index in [1.165, 1.54) is 17.0 Å². The number of hydrogen-bond acceptors (Lipinski definition) is 6. The molecule has 1 aromatic carbocycles. The van der Waals surface area contributed by atoms with E-state index >= 15 is 0 Å². The largest absolute Gasteiger partial charge is 0.360 e. The average molecular weight is 538 g/mol. The Hall–Kier alpha value is -2.78. The first-order chi connectivity index (χ1) is 18.2. The van der Waals surface area contributed by atoms with Crippen molar-refractivity contribution >= 4 is 27.7 Å². The maximum Gasteiger partial charge on any atom is 0.158 e. The highest BCUT2D eigenvalue weighted by Crippen LogP contribution is 2.36. The molecule has 0 aliphatic rings. The average Bonchev–Trinajstić information content (AvgIpc) is 3.26. The molecule has 206 valence electrons. The standard InChI is InChI=1S/C30H47N7S/c1-9-36(10-2,11-3)19-17-35(18-20-37(12-4,13-5)14-6)26-15-16-28(24(7)21-26)33-34-30-27(22-31)25(8)29(23-32)38-30/h15-16,21H,9-14,17-20H2,1-8H3/q+2. The van der Waals surface area contributed by atoms with Crippen LogP contribution in [0.4, 0.5) is 16.4 Å². The molecule has 8 heteroatoms. The van der Waals surface area contributed by atoms with Gasteiger partial charge in [-0.1, -0.05) is 0 Å². The van der Waals surface area contributed by atoms with Gasteiger partial charge >= 0.3 is 0 Å². The van der Waals surface area contributed by atoms with Gasteiger partial charge in [0.15, 0.2) is 5.00 Å². The van der Waals surface area contributed by atoms with Crippen molar-refractivity contribution in [3.8, 4) is 12.1 Å². The number of nitrogens with zero attached hydrogens (tertiary/aromatic N) is 7. The summed E-state index contributed by atoms with van der Waals surface area (Å²) in [5.41, 5.74) is 4.17. The number of quaternary nitrogens is 2. The van der Waals surface area contributed by atoms with Crippen molar-refractivity contribution < 1.29 is 8.97 Å². The Balaban J connectivity index is 2.36. The van der Waals surface area contributed by atoms with E-state index in [1.807, 2.05) is 6.07 Å². The van der Waals surface area contributed by atoms with Crippen LogP contribution in [0.2, 0.25) is 0 Å². The molecule has 0 fully saturated rings. The summed E-state index contributed by atoms with van der Waals surface area (Å²) in [6.45, 7) is 28.9.